The molecule has 6 aromatic rings. The van der Waals surface area contributed by atoms with Crippen molar-refractivity contribution in [3.63, 3.8) is 0 Å². The van der Waals surface area contributed by atoms with Crippen LogP contribution in [0.4, 0.5) is 5.69 Å². The Labute approximate surface area is 492 Å². The molecule has 23 heteroatoms. The van der Waals surface area contributed by atoms with Gasteiger partial charge in [-0.15, -0.1) is 34.4 Å². The molecule has 4 amide bonds. The number of aryl methyl sites for hydroxylation is 2. The predicted molar refractivity (Wildman–Crippen MR) is 320 cm³/mol. The zero-order valence-electron chi connectivity index (χ0n) is 48.7. The first kappa shape index (κ1) is 69.6. The maximum absolute atomic E-state index is 11.6. The molecule has 83 heavy (non-hydrogen) atoms. The van der Waals surface area contributed by atoms with Crippen LogP contribution in [0.1, 0.15) is 68.2 Å². The summed E-state index contributed by atoms with van der Waals surface area (Å²) in [5, 5.41) is 26.3. The zero-order chi connectivity index (χ0) is 60.5. The molecule has 0 radical (unpaired) electrons. The highest BCUT2D eigenvalue weighted by Crippen LogP contribution is 2.27. The second kappa shape index (κ2) is 41.3. The number of nitrogens with zero attached hydrogens (tertiary/aromatic N) is 7. The van der Waals surface area contributed by atoms with Crippen LogP contribution in [0, 0.1) is 32.1 Å². The van der Waals surface area contributed by atoms with Crippen molar-refractivity contribution in [1.82, 2.24) is 45.2 Å². The second-order valence-corrected chi connectivity index (χ2v) is 20.4. The number of anilines is 1. The lowest BCUT2D eigenvalue weighted by molar-refractivity contribution is -0.132. The van der Waals surface area contributed by atoms with Gasteiger partial charge in [-0.2, -0.15) is 0 Å². The SMILES string of the molecule is C#C.CC(C)(C)CC(=O)N1CC[C@@H](O)C1.Cc1cccc(NCc2nnc(-c3ccncn3)n2C)c1.Cc1ncsc1-c1ccc(CNC=O)cc1.NC(=O)CCOCCOCCOCCOCCOCCOc1cccc(CNC=O)c1. The van der Waals surface area contributed by atoms with E-state index >= 15 is 0 Å². The first-order chi connectivity index (χ1) is 40.1. The lowest BCUT2D eigenvalue weighted by Gasteiger charge is -2.22. The Bertz CT molecular complexity index is 2760. The smallest absolute Gasteiger partial charge is 0.223 e. The zero-order valence-corrected chi connectivity index (χ0v) is 49.5. The number of primary amides is 1. The van der Waals surface area contributed by atoms with E-state index in [1.54, 1.807) is 22.4 Å². The van der Waals surface area contributed by atoms with E-state index < -0.39 is 0 Å². The summed E-state index contributed by atoms with van der Waals surface area (Å²) in [6.07, 6.45) is 13.8. The number of rotatable bonds is 31. The molecule has 7 rings (SSSR count). The average molecular weight is 1170 g/mol. The van der Waals surface area contributed by atoms with Gasteiger partial charge in [-0.05, 0) is 78.3 Å². The number of carbonyl (C=O) groups excluding carboxylic acids is 4. The van der Waals surface area contributed by atoms with Gasteiger partial charge in [-0.25, -0.2) is 15.0 Å². The van der Waals surface area contributed by atoms with Gasteiger partial charge in [0.15, 0.2) is 11.6 Å². The molecule has 3 aromatic heterocycles. The van der Waals surface area contributed by atoms with Crippen molar-refractivity contribution in [3.05, 3.63) is 125 Å². The summed E-state index contributed by atoms with van der Waals surface area (Å²) in [6, 6.07) is 25.7. The van der Waals surface area contributed by atoms with Gasteiger partial charge < -0.3 is 64.7 Å². The molecule has 0 saturated carbocycles. The summed E-state index contributed by atoms with van der Waals surface area (Å²) in [4.78, 5) is 57.9. The molecular formula is C60H83N11O11S. The molecule has 1 saturated heterocycles. The Morgan fingerprint density at radius 3 is 1.93 bits per heavy atom. The Balaban J connectivity index is 0.000000302. The Morgan fingerprint density at radius 2 is 1.39 bits per heavy atom. The molecule has 0 bridgehead atoms. The molecule has 22 nitrogen and oxygen atoms in total. The highest BCUT2D eigenvalue weighted by molar-refractivity contribution is 7.13. The number of β-amino-alcohol motifs (C(OH)–C–C–N with tert-alkyl or cyclic N) is 1. The fraction of sp³-hybridized carbons (Fsp3) is 0.450. The molecule has 0 aliphatic carbocycles. The van der Waals surface area contributed by atoms with Crippen molar-refractivity contribution in [2.24, 2.45) is 18.2 Å². The molecule has 0 spiro atoms. The van der Waals surface area contributed by atoms with Crippen molar-refractivity contribution < 1.29 is 52.7 Å². The van der Waals surface area contributed by atoms with E-state index in [1.807, 2.05) is 78.6 Å². The van der Waals surface area contributed by atoms with E-state index in [0.717, 1.165) is 58.6 Å². The van der Waals surface area contributed by atoms with Crippen molar-refractivity contribution in [1.29, 1.82) is 0 Å². The van der Waals surface area contributed by atoms with E-state index in [1.165, 1.54) is 22.3 Å². The number of carbonyl (C=O) groups is 4. The van der Waals surface area contributed by atoms with Crippen LogP contribution in [0.2, 0.25) is 0 Å². The topological polar surface area (TPSA) is 279 Å². The van der Waals surface area contributed by atoms with Gasteiger partial charge in [0.1, 0.15) is 24.4 Å². The van der Waals surface area contributed by atoms with Crippen LogP contribution in [0.3, 0.4) is 0 Å². The van der Waals surface area contributed by atoms with Gasteiger partial charge >= 0.3 is 0 Å². The Hall–Kier alpha value is -7.69. The molecule has 3 aromatic carbocycles. The number of amides is 4. The molecular weight excluding hydrogens is 1080 g/mol. The number of hydrogen-bond acceptors (Lipinski definition) is 18. The third kappa shape index (κ3) is 30.3. The number of thiazole rings is 1. The molecule has 1 aliphatic rings. The van der Waals surface area contributed by atoms with E-state index in [4.69, 9.17) is 34.2 Å². The fourth-order valence-corrected chi connectivity index (χ4v) is 8.23. The van der Waals surface area contributed by atoms with E-state index in [2.05, 4.69) is 106 Å². The van der Waals surface area contributed by atoms with Crippen LogP contribution in [0.5, 0.6) is 5.75 Å². The van der Waals surface area contributed by atoms with Crippen molar-refractivity contribution >= 4 is 41.7 Å². The van der Waals surface area contributed by atoms with Crippen LogP contribution in [0.15, 0.2) is 96.9 Å². The van der Waals surface area contributed by atoms with E-state index in [0.29, 0.717) is 118 Å². The first-order valence-electron chi connectivity index (χ1n) is 27.1. The third-order valence-electron chi connectivity index (χ3n) is 11.6. The number of aliphatic hydroxyl groups is 1. The van der Waals surface area contributed by atoms with Crippen LogP contribution < -0.4 is 26.4 Å². The molecule has 1 atom stereocenters. The molecule has 1 aliphatic heterocycles. The highest BCUT2D eigenvalue weighted by atomic mass is 32.1. The molecule has 1 fully saturated rings. The number of likely N-dealkylation sites (tertiary alicyclic amines) is 1. The van der Waals surface area contributed by atoms with Gasteiger partial charge in [0.25, 0.3) is 0 Å². The Kier molecular flexibility index (Phi) is 34.6. The van der Waals surface area contributed by atoms with Crippen LogP contribution in [-0.2, 0) is 69.5 Å². The van der Waals surface area contributed by atoms with Crippen molar-refractivity contribution in [2.45, 2.75) is 79.6 Å². The molecule has 4 heterocycles. The van der Waals surface area contributed by atoms with E-state index in [-0.39, 0.29) is 29.8 Å². The monoisotopic (exact) mass is 1170 g/mol. The first-order valence-corrected chi connectivity index (χ1v) is 28.0. The summed E-state index contributed by atoms with van der Waals surface area (Å²) in [5.41, 5.74) is 14.3. The van der Waals surface area contributed by atoms with Gasteiger partial charge in [-0.1, -0.05) is 69.3 Å². The van der Waals surface area contributed by atoms with Gasteiger partial charge in [-0.3, -0.25) is 19.2 Å². The van der Waals surface area contributed by atoms with Gasteiger partial charge in [0, 0.05) is 58.0 Å². The summed E-state index contributed by atoms with van der Waals surface area (Å²) in [5.74, 6) is 2.12. The number of aromatic nitrogens is 6. The van der Waals surface area contributed by atoms with Crippen LogP contribution in [0.25, 0.3) is 22.0 Å². The minimum absolute atomic E-state index is 0.0463. The third-order valence-corrected chi connectivity index (χ3v) is 12.5. The van der Waals surface area contributed by atoms with Crippen LogP contribution in [-0.4, -0.2) is 156 Å². The maximum Gasteiger partial charge on any atom is 0.223 e. The van der Waals surface area contributed by atoms with Gasteiger partial charge in [0.2, 0.25) is 24.6 Å². The molecule has 0 unspecified atom stereocenters. The average Bonchev–Trinajstić information content (AvgIpc) is 4.47. The number of aliphatic hydroxyl groups excluding tert-OH is 1. The normalized spacial score (nSPS) is 12.3. The van der Waals surface area contributed by atoms with Gasteiger partial charge in [0.05, 0.1) is 94.8 Å². The number of benzene rings is 3. The number of terminal acetylenes is 1. The standard InChI is InChI=1S/C21H34N2O8.C15H16N6.C12H12N2OS.C10H19NO2.C2H2/c22-21(25)4-5-26-6-7-27-8-9-28-10-11-29-12-13-30-14-15-31-20-3-1-2-19(16-20)17-23-18-24;1-11-4-3-5-12(8-11)17-9-14-19-20-15(21(14)2)13-6-7-16-10-18-13;1-9-12(16-8-14-9)11-4-2-10(3-5-11)6-13-7-15;1-10(2,3)6-9(13)11-5-4-8(12)7-11;1-2/h1-3,16,18H,4-15,17H2,(H2,22,25)(H,23,24);3-8,10,17H,9H2,1-2H3;2-5,7-8H,6H2,1H3,(H,13,15);8,12H,4-7H2,1-3H3;1-2H/t;;;8-;/m...1./s1. The second-order valence-electron chi connectivity index (χ2n) is 19.6. The minimum Gasteiger partial charge on any atom is -0.491 e. The Morgan fingerprint density at radius 1 is 0.771 bits per heavy atom. The highest BCUT2D eigenvalue weighted by Gasteiger charge is 2.27. The quantitative estimate of drug-likeness (QED) is 0.0187. The summed E-state index contributed by atoms with van der Waals surface area (Å²) in [6.45, 7) is 18.1. The number of hydrogen-bond donors (Lipinski definition) is 5. The van der Waals surface area contributed by atoms with Crippen molar-refractivity contribution in [3.8, 4) is 40.6 Å². The summed E-state index contributed by atoms with van der Waals surface area (Å²) >= 11 is 1.64. The lowest BCUT2D eigenvalue weighted by Crippen LogP contribution is -2.32. The minimum atomic E-state index is -0.374. The van der Waals surface area contributed by atoms with Crippen molar-refractivity contribution in [2.75, 3.05) is 91.1 Å². The largest absolute Gasteiger partial charge is 0.491 e. The molecule has 6 N–H and O–H groups in total. The molecule has 450 valence electrons. The van der Waals surface area contributed by atoms with Crippen LogP contribution >= 0.6 is 11.3 Å². The van der Waals surface area contributed by atoms with E-state index in [9.17, 15) is 24.3 Å². The number of nitrogens with two attached hydrogens (primary N) is 1. The predicted octanol–water partition coefficient (Wildman–Crippen LogP) is 6.09. The number of nitrogens with one attached hydrogen (secondary N) is 3. The lowest BCUT2D eigenvalue weighted by atomic mass is 9.92. The number of ether oxygens (including phenoxy) is 6. The fourth-order valence-electron chi connectivity index (χ4n) is 7.42. The summed E-state index contributed by atoms with van der Waals surface area (Å²) in [7, 11) is 1.94. The maximum atomic E-state index is 11.6. The summed E-state index contributed by atoms with van der Waals surface area (Å²) < 4.78 is 34.3.